The van der Waals surface area contributed by atoms with Crippen molar-refractivity contribution in [2.75, 3.05) is 0 Å². The van der Waals surface area contributed by atoms with Gasteiger partial charge in [-0.2, -0.15) is 0 Å². The molecule has 0 saturated heterocycles. The fraction of sp³-hybridized carbons (Fsp3) is 0.111. The molecule has 2 nitrogen and oxygen atoms in total. The summed E-state index contributed by atoms with van der Waals surface area (Å²) in [5.41, 5.74) is 5.27. The number of carbonyl (C=O) groups is 1. The van der Waals surface area contributed by atoms with Crippen molar-refractivity contribution in [1.82, 2.24) is 0 Å². The Hall–Kier alpha value is -2.48. The molecule has 0 amide bonds. The van der Waals surface area contributed by atoms with Gasteiger partial charge in [-0.3, -0.25) is 4.79 Å². The smallest absolute Gasteiger partial charge is 0.211 e. The molecule has 0 spiro atoms. The van der Waals surface area contributed by atoms with Crippen LogP contribution in [-0.2, 0) is 0 Å². The lowest BCUT2D eigenvalue weighted by molar-refractivity contribution is 0.103. The van der Waals surface area contributed by atoms with Gasteiger partial charge in [-0.1, -0.05) is 60.2 Å². The number of hydrogen-bond acceptors (Lipinski definition) is 2. The van der Waals surface area contributed by atoms with Gasteiger partial charge in [0.2, 0.25) is 5.78 Å². The van der Waals surface area contributed by atoms with E-state index in [1.165, 1.54) is 5.56 Å². The average Bonchev–Trinajstić information content (AvgIpc) is 2.49. The van der Waals surface area contributed by atoms with Gasteiger partial charge in [0.1, 0.15) is 5.70 Å². The fourth-order valence-electron chi connectivity index (χ4n) is 2.38. The van der Waals surface area contributed by atoms with Crippen LogP contribution in [0, 0.1) is 6.92 Å². The minimum Gasteiger partial charge on any atom is -0.287 e. The molecule has 3 rings (SSSR count). The van der Waals surface area contributed by atoms with Crippen LogP contribution in [0.1, 0.15) is 34.0 Å². The minimum absolute atomic E-state index is 0.000961. The molecule has 0 atom stereocenters. The maximum Gasteiger partial charge on any atom is 0.211 e. The van der Waals surface area contributed by atoms with Crippen molar-refractivity contribution in [2.45, 2.75) is 13.8 Å². The highest BCUT2D eigenvalue weighted by Gasteiger charge is 2.24. The summed E-state index contributed by atoms with van der Waals surface area (Å²) >= 11 is 0. The monoisotopic (exact) mass is 261 g/mol. The number of ketones is 1. The van der Waals surface area contributed by atoms with Crippen LogP contribution in [0.3, 0.4) is 0 Å². The van der Waals surface area contributed by atoms with Gasteiger partial charge in [0.15, 0.2) is 0 Å². The van der Waals surface area contributed by atoms with Crippen LogP contribution in [0.25, 0.3) is 0 Å². The van der Waals surface area contributed by atoms with Crippen molar-refractivity contribution in [3.63, 3.8) is 0 Å². The summed E-state index contributed by atoms with van der Waals surface area (Å²) in [6.45, 7) is 3.90. The van der Waals surface area contributed by atoms with E-state index in [1.54, 1.807) is 6.08 Å². The summed E-state index contributed by atoms with van der Waals surface area (Å²) in [6.07, 6.45) is 1.77. The van der Waals surface area contributed by atoms with Crippen LogP contribution in [0.15, 0.2) is 65.3 Å². The molecule has 0 aromatic heterocycles. The number of nitrogens with zero attached hydrogens (tertiary/aromatic N) is 1. The molecule has 98 valence electrons. The molecule has 2 aromatic rings. The lowest BCUT2D eigenvalue weighted by Crippen LogP contribution is -2.18. The van der Waals surface area contributed by atoms with Crippen molar-refractivity contribution >= 4 is 11.5 Å². The first-order valence-electron chi connectivity index (χ1n) is 6.67. The molecule has 0 unspecified atom stereocenters. The van der Waals surface area contributed by atoms with E-state index in [2.05, 4.69) is 24.0 Å². The van der Waals surface area contributed by atoms with Gasteiger partial charge in [0.05, 0.1) is 5.71 Å². The van der Waals surface area contributed by atoms with E-state index in [-0.39, 0.29) is 5.78 Å². The van der Waals surface area contributed by atoms with E-state index in [0.29, 0.717) is 5.70 Å². The summed E-state index contributed by atoms with van der Waals surface area (Å²) in [6, 6.07) is 15.9. The standard InChI is InChI=1S/C18H15NO/c1-3-16-18(20)15-7-5-4-6-14(15)17(19-16)13-10-8-12(2)9-11-13/h3-11H,1-2H3/b16-3-. The topological polar surface area (TPSA) is 29.4 Å². The maximum atomic E-state index is 12.3. The van der Waals surface area contributed by atoms with E-state index in [0.717, 1.165) is 22.4 Å². The number of aliphatic imine (C=N–C) groups is 1. The van der Waals surface area contributed by atoms with Gasteiger partial charge in [-0.15, -0.1) is 0 Å². The zero-order chi connectivity index (χ0) is 14.1. The van der Waals surface area contributed by atoms with Gasteiger partial charge < -0.3 is 0 Å². The molecule has 1 aliphatic heterocycles. The van der Waals surface area contributed by atoms with Crippen LogP contribution in [0.4, 0.5) is 0 Å². The van der Waals surface area contributed by atoms with Crippen molar-refractivity contribution < 1.29 is 4.79 Å². The summed E-state index contributed by atoms with van der Waals surface area (Å²) in [5.74, 6) is -0.000961. The summed E-state index contributed by atoms with van der Waals surface area (Å²) in [5, 5.41) is 0. The number of benzene rings is 2. The first-order chi connectivity index (χ1) is 9.70. The lowest BCUT2D eigenvalue weighted by Gasteiger charge is -2.17. The fourth-order valence-corrected chi connectivity index (χ4v) is 2.38. The Morgan fingerprint density at radius 1 is 0.950 bits per heavy atom. The normalized spacial score (nSPS) is 16.0. The number of hydrogen-bond donors (Lipinski definition) is 0. The highest BCUT2D eigenvalue weighted by atomic mass is 16.1. The van der Waals surface area contributed by atoms with E-state index < -0.39 is 0 Å². The molecule has 0 aliphatic carbocycles. The van der Waals surface area contributed by atoms with E-state index >= 15 is 0 Å². The number of Topliss-reactive ketones (excluding diaryl/α,β-unsaturated/α-hetero) is 1. The lowest BCUT2D eigenvalue weighted by atomic mass is 9.91. The van der Waals surface area contributed by atoms with Gasteiger partial charge >= 0.3 is 0 Å². The van der Waals surface area contributed by atoms with Crippen LogP contribution in [0.5, 0.6) is 0 Å². The number of fused-ring (bicyclic) bond motifs is 1. The predicted octanol–water partition coefficient (Wildman–Crippen LogP) is 3.93. The first-order valence-corrected chi connectivity index (χ1v) is 6.67. The Labute approximate surface area is 118 Å². The summed E-state index contributed by atoms with van der Waals surface area (Å²) < 4.78 is 0. The van der Waals surface area contributed by atoms with E-state index in [4.69, 9.17) is 0 Å². The number of rotatable bonds is 1. The second-order valence-electron chi connectivity index (χ2n) is 4.88. The molecule has 2 heteroatoms. The van der Waals surface area contributed by atoms with Gasteiger partial charge in [-0.05, 0) is 13.8 Å². The molecule has 0 saturated carbocycles. The SMILES string of the molecule is C/C=C1\N=C(c2ccc(C)cc2)c2ccccc2C1=O. The number of allylic oxidation sites excluding steroid dienone is 2. The number of aryl methyl sites for hydroxylation is 1. The Morgan fingerprint density at radius 3 is 2.25 bits per heavy atom. The second-order valence-corrected chi connectivity index (χ2v) is 4.88. The molecular formula is C18H15NO. The highest BCUT2D eigenvalue weighted by Crippen LogP contribution is 2.25. The first kappa shape index (κ1) is 12.5. The van der Waals surface area contributed by atoms with Crippen molar-refractivity contribution in [2.24, 2.45) is 4.99 Å². The Balaban J connectivity index is 2.23. The second kappa shape index (κ2) is 4.89. The third-order valence-electron chi connectivity index (χ3n) is 3.49. The molecule has 0 N–H and O–H groups in total. The average molecular weight is 261 g/mol. The van der Waals surface area contributed by atoms with Gasteiger partial charge in [0.25, 0.3) is 0 Å². The quantitative estimate of drug-likeness (QED) is 0.715. The van der Waals surface area contributed by atoms with E-state index in [1.807, 2.05) is 43.3 Å². The zero-order valence-electron chi connectivity index (χ0n) is 11.6. The minimum atomic E-state index is -0.000961. The third-order valence-corrected chi connectivity index (χ3v) is 3.49. The van der Waals surface area contributed by atoms with Gasteiger partial charge in [-0.25, -0.2) is 4.99 Å². The predicted molar refractivity (Wildman–Crippen MR) is 81.3 cm³/mol. The third kappa shape index (κ3) is 1.99. The van der Waals surface area contributed by atoms with Crippen LogP contribution < -0.4 is 0 Å². The van der Waals surface area contributed by atoms with E-state index in [9.17, 15) is 4.79 Å². The molecule has 0 radical (unpaired) electrons. The molecule has 1 aliphatic rings. The maximum absolute atomic E-state index is 12.3. The Kier molecular flexibility index (Phi) is 3.07. The molecule has 2 aromatic carbocycles. The Bertz CT molecular complexity index is 736. The largest absolute Gasteiger partial charge is 0.287 e. The number of carbonyl (C=O) groups excluding carboxylic acids is 1. The van der Waals surface area contributed by atoms with Crippen molar-refractivity contribution in [3.8, 4) is 0 Å². The molecule has 0 fully saturated rings. The summed E-state index contributed by atoms with van der Waals surface area (Å²) in [7, 11) is 0. The molecule has 1 heterocycles. The zero-order valence-corrected chi connectivity index (χ0v) is 11.6. The molecular weight excluding hydrogens is 246 g/mol. The van der Waals surface area contributed by atoms with Crippen LogP contribution in [0.2, 0.25) is 0 Å². The molecule has 0 bridgehead atoms. The Morgan fingerprint density at radius 2 is 1.60 bits per heavy atom. The van der Waals surface area contributed by atoms with Gasteiger partial charge in [0, 0.05) is 16.7 Å². The molecule has 20 heavy (non-hydrogen) atoms. The van der Waals surface area contributed by atoms with Crippen LogP contribution in [-0.4, -0.2) is 11.5 Å². The highest BCUT2D eigenvalue weighted by molar-refractivity contribution is 6.26. The van der Waals surface area contributed by atoms with Crippen molar-refractivity contribution in [3.05, 3.63) is 82.6 Å². The van der Waals surface area contributed by atoms with Crippen molar-refractivity contribution in [1.29, 1.82) is 0 Å². The van der Waals surface area contributed by atoms with Crippen LogP contribution >= 0.6 is 0 Å². The summed E-state index contributed by atoms with van der Waals surface area (Å²) in [4.78, 5) is 16.9.